The van der Waals surface area contributed by atoms with E-state index >= 15 is 0 Å². The van der Waals surface area contributed by atoms with Crippen molar-refractivity contribution in [2.75, 3.05) is 11.9 Å². The van der Waals surface area contributed by atoms with Gasteiger partial charge in [0.1, 0.15) is 0 Å². The van der Waals surface area contributed by atoms with Crippen molar-refractivity contribution in [3.63, 3.8) is 0 Å². The largest absolute Gasteiger partial charge is 0.487 e. The molecule has 0 aromatic carbocycles. The quantitative estimate of drug-likeness (QED) is 0.860. The monoisotopic (exact) mass is 262 g/mol. The number of ether oxygens (including phenoxy) is 1. The molecule has 19 heavy (non-hydrogen) atoms. The van der Waals surface area contributed by atoms with Crippen LogP contribution >= 0.6 is 0 Å². The van der Waals surface area contributed by atoms with Crippen LogP contribution < -0.4 is 10.1 Å². The summed E-state index contributed by atoms with van der Waals surface area (Å²) in [6.45, 7) is 6.42. The summed E-state index contributed by atoms with van der Waals surface area (Å²) >= 11 is 0. The number of hydrogen-bond donors (Lipinski definition) is 1. The second-order valence-corrected chi connectivity index (χ2v) is 4.42. The van der Waals surface area contributed by atoms with Gasteiger partial charge in [0.15, 0.2) is 17.4 Å². The lowest BCUT2D eigenvalue weighted by Gasteiger charge is -2.13. The minimum Gasteiger partial charge on any atom is -0.487 e. The maximum Gasteiger partial charge on any atom is 0.223 e. The van der Waals surface area contributed by atoms with Crippen molar-refractivity contribution < 1.29 is 9.26 Å². The van der Waals surface area contributed by atoms with Gasteiger partial charge in [-0.15, -0.1) is 0 Å². The minimum absolute atomic E-state index is 0.115. The van der Waals surface area contributed by atoms with Crippen LogP contribution in [0.15, 0.2) is 22.9 Å². The third-order valence-electron chi connectivity index (χ3n) is 2.34. The molecule has 0 aliphatic heterocycles. The van der Waals surface area contributed by atoms with Crippen molar-refractivity contribution in [3.8, 4) is 5.75 Å². The van der Waals surface area contributed by atoms with Gasteiger partial charge >= 0.3 is 0 Å². The van der Waals surface area contributed by atoms with Crippen molar-refractivity contribution in [1.82, 2.24) is 15.1 Å². The Balaban J connectivity index is 1.92. The molecule has 102 valence electrons. The molecular formula is C13H18N4O2. The van der Waals surface area contributed by atoms with Gasteiger partial charge in [-0.05, 0) is 26.0 Å². The summed E-state index contributed by atoms with van der Waals surface area (Å²) in [4.78, 5) is 8.41. The van der Waals surface area contributed by atoms with E-state index in [0.717, 1.165) is 11.6 Å². The summed E-state index contributed by atoms with van der Waals surface area (Å²) in [5.41, 5.74) is 0. The first-order chi connectivity index (χ1) is 9.15. The average molecular weight is 262 g/mol. The number of nitrogens with one attached hydrogen (secondary N) is 1. The highest BCUT2D eigenvalue weighted by molar-refractivity contribution is 5.49. The van der Waals surface area contributed by atoms with Crippen LogP contribution in [0.1, 0.15) is 25.6 Å². The summed E-state index contributed by atoms with van der Waals surface area (Å²) in [6.07, 6.45) is 2.52. The first kappa shape index (κ1) is 13.3. The summed E-state index contributed by atoms with van der Waals surface area (Å²) in [5, 5.41) is 7.06. The van der Waals surface area contributed by atoms with Crippen LogP contribution in [-0.4, -0.2) is 27.8 Å². The Morgan fingerprint density at radius 3 is 2.95 bits per heavy atom. The van der Waals surface area contributed by atoms with Crippen LogP contribution in [0.2, 0.25) is 0 Å². The Kier molecular flexibility index (Phi) is 4.33. The van der Waals surface area contributed by atoms with E-state index < -0.39 is 0 Å². The van der Waals surface area contributed by atoms with Gasteiger partial charge < -0.3 is 14.6 Å². The Morgan fingerprint density at radius 2 is 2.26 bits per heavy atom. The third-order valence-corrected chi connectivity index (χ3v) is 2.34. The Hall–Kier alpha value is -2.11. The molecule has 0 atom stereocenters. The van der Waals surface area contributed by atoms with E-state index in [4.69, 9.17) is 9.26 Å². The lowest BCUT2D eigenvalue weighted by molar-refractivity contribution is 0.243. The number of anilines is 1. The molecule has 0 saturated carbocycles. The van der Waals surface area contributed by atoms with Gasteiger partial charge in [-0.2, -0.15) is 4.98 Å². The van der Waals surface area contributed by atoms with E-state index in [1.54, 1.807) is 13.1 Å². The molecule has 2 aromatic rings. The summed E-state index contributed by atoms with van der Waals surface area (Å²) in [6, 6.07) is 3.75. The van der Waals surface area contributed by atoms with Crippen LogP contribution in [0.5, 0.6) is 5.75 Å². The van der Waals surface area contributed by atoms with E-state index in [-0.39, 0.29) is 6.10 Å². The summed E-state index contributed by atoms with van der Waals surface area (Å²) in [7, 11) is 0. The zero-order chi connectivity index (χ0) is 13.7. The fraction of sp³-hybridized carbons (Fsp3) is 0.462. The molecule has 1 N–H and O–H groups in total. The predicted molar refractivity (Wildman–Crippen MR) is 71.2 cm³/mol. The number of pyridine rings is 1. The Bertz CT molecular complexity index is 525. The highest BCUT2D eigenvalue weighted by Crippen LogP contribution is 2.21. The molecule has 0 radical (unpaired) electrons. The van der Waals surface area contributed by atoms with Gasteiger partial charge in [0.25, 0.3) is 0 Å². The summed E-state index contributed by atoms with van der Waals surface area (Å²) < 4.78 is 10.6. The van der Waals surface area contributed by atoms with E-state index in [9.17, 15) is 0 Å². The van der Waals surface area contributed by atoms with Crippen LogP contribution in [0.4, 0.5) is 5.82 Å². The second-order valence-electron chi connectivity index (χ2n) is 4.42. The maximum absolute atomic E-state index is 5.68. The second kappa shape index (κ2) is 6.17. The average Bonchev–Trinajstić information content (AvgIpc) is 2.77. The molecule has 0 saturated heterocycles. The van der Waals surface area contributed by atoms with Crippen molar-refractivity contribution >= 4 is 5.82 Å². The SMILES string of the molecule is Cc1nc(CCNc2ncccc2OC(C)C)no1. The number of aromatic nitrogens is 3. The van der Waals surface area contributed by atoms with E-state index in [1.807, 2.05) is 26.0 Å². The molecule has 2 rings (SSSR count). The normalized spacial score (nSPS) is 10.7. The molecule has 6 heteroatoms. The summed E-state index contributed by atoms with van der Waals surface area (Å²) in [5.74, 6) is 2.75. The zero-order valence-corrected chi connectivity index (χ0v) is 11.4. The van der Waals surface area contributed by atoms with E-state index in [0.29, 0.717) is 24.7 Å². The van der Waals surface area contributed by atoms with Crippen molar-refractivity contribution in [1.29, 1.82) is 0 Å². The molecular weight excluding hydrogens is 244 g/mol. The first-order valence-electron chi connectivity index (χ1n) is 6.30. The van der Waals surface area contributed by atoms with Crippen molar-refractivity contribution in [3.05, 3.63) is 30.0 Å². The third kappa shape index (κ3) is 3.94. The molecule has 0 bridgehead atoms. The predicted octanol–water partition coefficient (Wildman–Crippen LogP) is 2.21. The lowest BCUT2D eigenvalue weighted by atomic mass is 10.3. The highest BCUT2D eigenvalue weighted by Gasteiger charge is 2.07. The number of aryl methyl sites for hydroxylation is 1. The van der Waals surface area contributed by atoms with Crippen molar-refractivity contribution in [2.45, 2.75) is 33.3 Å². The zero-order valence-electron chi connectivity index (χ0n) is 11.4. The molecule has 0 aliphatic rings. The molecule has 0 aliphatic carbocycles. The molecule has 6 nitrogen and oxygen atoms in total. The molecule has 2 aromatic heterocycles. The number of rotatable bonds is 6. The highest BCUT2D eigenvalue weighted by atomic mass is 16.5. The van der Waals surface area contributed by atoms with Crippen LogP contribution in [-0.2, 0) is 6.42 Å². The molecule has 0 fully saturated rings. The van der Waals surface area contributed by atoms with Crippen LogP contribution in [0, 0.1) is 6.92 Å². The molecule has 0 amide bonds. The molecule has 0 unspecified atom stereocenters. The first-order valence-corrected chi connectivity index (χ1v) is 6.30. The van der Waals surface area contributed by atoms with E-state index in [1.165, 1.54) is 0 Å². The topological polar surface area (TPSA) is 73.1 Å². The number of nitrogens with zero attached hydrogens (tertiary/aromatic N) is 3. The maximum atomic E-state index is 5.68. The molecule has 0 spiro atoms. The lowest BCUT2D eigenvalue weighted by Crippen LogP contribution is -2.11. The standard InChI is InChI=1S/C13H18N4O2/c1-9(2)18-11-5-4-7-14-13(11)15-8-6-12-16-10(3)19-17-12/h4-5,7,9H,6,8H2,1-3H3,(H,14,15). The number of hydrogen-bond acceptors (Lipinski definition) is 6. The fourth-order valence-corrected chi connectivity index (χ4v) is 1.61. The van der Waals surface area contributed by atoms with Crippen molar-refractivity contribution in [2.24, 2.45) is 0 Å². The Labute approximate surface area is 112 Å². The van der Waals surface area contributed by atoms with Gasteiger partial charge in [0.2, 0.25) is 5.89 Å². The smallest absolute Gasteiger partial charge is 0.223 e. The fourth-order valence-electron chi connectivity index (χ4n) is 1.61. The van der Waals surface area contributed by atoms with Gasteiger partial charge in [-0.25, -0.2) is 4.98 Å². The van der Waals surface area contributed by atoms with Gasteiger partial charge in [-0.3, -0.25) is 0 Å². The Morgan fingerprint density at radius 1 is 1.42 bits per heavy atom. The molecule has 2 heterocycles. The van der Waals surface area contributed by atoms with Crippen LogP contribution in [0.25, 0.3) is 0 Å². The minimum atomic E-state index is 0.115. The van der Waals surface area contributed by atoms with Gasteiger partial charge in [0.05, 0.1) is 6.10 Å². The van der Waals surface area contributed by atoms with Gasteiger partial charge in [-0.1, -0.05) is 5.16 Å². The van der Waals surface area contributed by atoms with E-state index in [2.05, 4.69) is 20.4 Å². The van der Waals surface area contributed by atoms with Gasteiger partial charge in [0, 0.05) is 26.1 Å². The van der Waals surface area contributed by atoms with Crippen LogP contribution in [0.3, 0.4) is 0 Å².